The van der Waals surface area contributed by atoms with Crippen molar-refractivity contribution in [2.45, 2.75) is 32.2 Å². The van der Waals surface area contributed by atoms with Crippen LogP contribution in [-0.2, 0) is 6.54 Å². The van der Waals surface area contributed by atoms with Gasteiger partial charge < -0.3 is 4.98 Å². The van der Waals surface area contributed by atoms with E-state index in [1.165, 1.54) is 12.8 Å². The topological polar surface area (TPSA) is 72.3 Å². The van der Waals surface area contributed by atoms with E-state index in [0.29, 0.717) is 5.92 Å². The molecular weight excluding hydrogens is 288 g/mol. The fourth-order valence-corrected chi connectivity index (χ4v) is 3.06. The molecule has 114 valence electrons. The van der Waals surface area contributed by atoms with E-state index in [1.807, 2.05) is 23.1 Å². The summed E-state index contributed by atoms with van der Waals surface area (Å²) in [6.07, 6.45) is 6.38. The number of H-pyrrole nitrogens is 1. The Morgan fingerprint density at radius 3 is 3.04 bits per heavy atom. The van der Waals surface area contributed by atoms with Gasteiger partial charge >= 0.3 is 0 Å². The largest absolute Gasteiger partial charge is 0.345 e. The monoisotopic (exact) mass is 304 g/mol. The van der Waals surface area contributed by atoms with Crippen molar-refractivity contribution in [3.05, 3.63) is 36.4 Å². The Hall–Kier alpha value is -2.76. The van der Waals surface area contributed by atoms with Gasteiger partial charge in [-0.2, -0.15) is 0 Å². The lowest BCUT2D eigenvalue weighted by Gasteiger charge is -2.02. The van der Waals surface area contributed by atoms with Gasteiger partial charge in [0.25, 0.3) is 0 Å². The predicted molar refractivity (Wildman–Crippen MR) is 88.1 cm³/mol. The number of aryl methyl sites for hydroxylation is 1. The number of benzene rings is 1. The van der Waals surface area contributed by atoms with Crippen molar-refractivity contribution in [1.29, 1.82) is 0 Å². The van der Waals surface area contributed by atoms with Gasteiger partial charge in [-0.15, -0.1) is 5.10 Å². The standard InChI is InChI=1S/C17H16N6/c1-2-23-15-7-11(5-6-14(15)21-22-23)12-8-19-17-13(12)9-18-16(20-17)10-3-4-10/h5-10H,2-4H2,1H3,(H,18,19,20). The average Bonchev–Trinajstić information content (AvgIpc) is 3.23. The van der Waals surface area contributed by atoms with E-state index in [1.54, 1.807) is 0 Å². The zero-order valence-electron chi connectivity index (χ0n) is 12.8. The molecule has 3 aromatic heterocycles. The summed E-state index contributed by atoms with van der Waals surface area (Å²) >= 11 is 0. The van der Waals surface area contributed by atoms with Crippen LogP contribution in [0.3, 0.4) is 0 Å². The van der Waals surface area contributed by atoms with Crippen LogP contribution >= 0.6 is 0 Å². The Morgan fingerprint density at radius 2 is 2.22 bits per heavy atom. The molecule has 0 unspecified atom stereocenters. The molecule has 0 radical (unpaired) electrons. The third-order valence-electron chi connectivity index (χ3n) is 4.52. The number of fused-ring (bicyclic) bond motifs is 2. The summed E-state index contributed by atoms with van der Waals surface area (Å²) in [6, 6.07) is 6.23. The first-order valence-corrected chi connectivity index (χ1v) is 8.01. The summed E-state index contributed by atoms with van der Waals surface area (Å²) < 4.78 is 1.91. The maximum Gasteiger partial charge on any atom is 0.141 e. The smallest absolute Gasteiger partial charge is 0.141 e. The third-order valence-corrected chi connectivity index (χ3v) is 4.52. The molecule has 0 saturated heterocycles. The highest BCUT2D eigenvalue weighted by molar-refractivity contribution is 5.95. The lowest BCUT2D eigenvalue weighted by atomic mass is 10.1. The van der Waals surface area contributed by atoms with Gasteiger partial charge in [0.15, 0.2) is 0 Å². The highest BCUT2D eigenvalue weighted by Crippen LogP contribution is 2.39. The van der Waals surface area contributed by atoms with E-state index >= 15 is 0 Å². The molecule has 4 aromatic rings. The molecule has 1 aliphatic carbocycles. The number of aromatic nitrogens is 6. The van der Waals surface area contributed by atoms with Crippen LogP contribution in [0, 0.1) is 0 Å². The van der Waals surface area contributed by atoms with Crippen LogP contribution in [0.4, 0.5) is 0 Å². The quantitative estimate of drug-likeness (QED) is 0.630. The second kappa shape index (κ2) is 4.62. The minimum Gasteiger partial charge on any atom is -0.345 e. The van der Waals surface area contributed by atoms with Gasteiger partial charge in [-0.05, 0) is 37.5 Å². The first kappa shape index (κ1) is 12.8. The predicted octanol–water partition coefficient (Wildman–Crippen LogP) is 3.27. The molecule has 1 aromatic carbocycles. The van der Waals surface area contributed by atoms with E-state index < -0.39 is 0 Å². The molecule has 0 bridgehead atoms. The fourth-order valence-electron chi connectivity index (χ4n) is 3.06. The van der Waals surface area contributed by atoms with Crippen LogP contribution in [0.1, 0.15) is 31.5 Å². The van der Waals surface area contributed by atoms with Crippen molar-refractivity contribution in [3.63, 3.8) is 0 Å². The lowest BCUT2D eigenvalue weighted by molar-refractivity contribution is 0.646. The molecule has 1 aliphatic rings. The number of hydrogen-bond acceptors (Lipinski definition) is 4. The SMILES string of the molecule is CCn1nnc2ccc(-c3c[nH]c4nc(C5CC5)ncc34)cc21. The summed E-state index contributed by atoms with van der Waals surface area (Å²) in [5.41, 5.74) is 5.13. The molecule has 0 atom stereocenters. The molecule has 23 heavy (non-hydrogen) atoms. The molecule has 1 fully saturated rings. The highest BCUT2D eigenvalue weighted by atomic mass is 15.4. The first-order chi connectivity index (χ1) is 11.3. The van der Waals surface area contributed by atoms with Crippen LogP contribution in [0.5, 0.6) is 0 Å². The molecule has 1 saturated carbocycles. The summed E-state index contributed by atoms with van der Waals surface area (Å²) in [7, 11) is 0. The van der Waals surface area contributed by atoms with Crippen LogP contribution in [0.15, 0.2) is 30.6 Å². The molecule has 6 heteroatoms. The Bertz CT molecular complexity index is 1020. The first-order valence-electron chi connectivity index (χ1n) is 8.01. The van der Waals surface area contributed by atoms with Gasteiger partial charge in [-0.3, -0.25) is 0 Å². The average molecular weight is 304 g/mol. The minimum atomic E-state index is 0.562. The van der Waals surface area contributed by atoms with E-state index in [4.69, 9.17) is 0 Å². The Morgan fingerprint density at radius 1 is 1.30 bits per heavy atom. The summed E-state index contributed by atoms with van der Waals surface area (Å²) in [5, 5.41) is 9.42. The summed E-state index contributed by atoms with van der Waals surface area (Å²) in [4.78, 5) is 12.5. The number of nitrogens with one attached hydrogen (secondary N) is 1. The van der Waals surface area contributed by atoms with E-state index in [2.05, 4.69) is 44.3 Å². The van der Waals surface area contributed by atoms with E-state index in [-0.39, 0.29) is 0 Å². The van der Waals surface area contributed by atoms with Crippen molar-refractivity contribution >= 4 is 22.1 Å². The second-order valence-electron chi connectivity index (χ2n) is 6.08. The lowest BCUT2D eigenvalue weighted by Crippen LogP contribution is -1.95. The Labute approximate surface area is 132 Å². The number of hydrogen-bond donors (Lipinski definition) is 1. The van der Waals surface area contributed by atoms with Gasteiger partial charge in [0.1, 0.15) is 17.0 Å². The molecule has 0 aliphatic heterocycles. The molecule has 0 amide bonds. The third kappa shape index (κ3) is 1.94. The number of aromatic amines is 1. The fraction of sp³-hybridized carbons (Fsp3) is 0.294. The van der Waals surface area contributed by atoms with Gasteiger partial charge in [0.2, 0.25) is 0 Å². The van der Waals surface area contributed by atoms with Gasteiger partial charge in [-0.1, -0.05) is 11.3 Å². The van der Waals surface area contributed by atoms with Gasteiger partial charge in [0, 0.05) is 35.8 Å². The van der Waals surface area contributed by atoms with Gasteiger partial charge in [-0.25, -0.2) is 14.6 Å². The van der Waals surface area contributed by atoms with Crippen molar-refractivity contribution in [2.24, 2.45) is 0 Å². The second-order valence-corrected chi connectivity index (χ2v) is 6.08. The molecular formula is C17H16N6. The molecule has 0 spiro atoms. The normalized spacial score (nSPS) is 14.8. The van der Waals surface area contributed by atoms with Crippen LogP contribution in [-0.4, -0.2) is 29.9 Å². The van der Waals surface area contributed by atoms with E-state index in [9.17, 15) is 0 Å². The molecule has 1 N–H and O–H groups in total. The van der Waals surface area contributed by atoms with Crippen LogP contribution in [0.25, 0.3) is 33.2 Å². The minimum absolute atomic E-state index is 0.562. The Balaban J connectivity index is 1.67. The zero-order valence-corrected chi connectivity index (χ0v) is 12.8. The summed E-state index contributed by atoms with van der Waals surface area (Å²) in [5.74, 6) is 1.53. The maximum atomic E-state index is 4.67. The van der Waals surface area contributed by atoms with Crippen molar-refractivity contribution in [2.75, 3.05) is 0 Å². The van der Waals surface area contributed by atoms with Crippen molar-refractivity contribution in [1.82, 2.24) is 29.9 Å². The highest BCUT2D eigenvalue weighted by Gasteiger charge is 2.27. The summed E-state index contributed by atoms with van der Waals surface area (Å²) in [6.45, 7) is 2.88. The molecule has 3 heterocycles. The number of nitrogens with zero attached hydrogens (tertiary/aromatic N) is 5. The number of rotatable bonds is 3. The van der Waals surface area contributed by atoms with E-state index in [0.717, 1.165) is 45.6 Å². The van der Waals surface area contributed by atoms with Crippen LogP contribution in [0.2, 0.25) is 0 Å². The van der Waals surface area contributed by atoms with Crippen LogP contribution < -0.4 is 0 Å². The van der Waals surface area contributed by atoms with Crippen molar-refractivity contribution in [3.8, 4) is 11.1 Å². The van der Waals surface area contributed by atoms with Crippen molar-refractivity contribution < 1.29 is 0 Å². The molecule has 5 rings (SSSR count). The Kier molecular flexibility index (Phi) is 2.56. The maximum absolute atomic E-state index is 4.67. The van der Waals surface area contributed by atoms with Gasteiger partial charge in [0.05, 0.1) is 5.52 Å². The zero-order chi connectivity index (χ0) is 15.4. The molecule has 6 nitrogen and oxygen atoms in total.